The average Bonchev–Trinajstić information content (AvgIpc) is 2.89. The molecule has 0 aliphatic rings. The average molecular weight is 401 g/mol. The summed E-state index contributed by atoms with van der Waals surface area (Å²) in [7, 11) is 0. The van der Waals surface area contributed by atoms with Gasteiger partial charge >= 0.3 is 6.18 Å². The van der Waals surface area contributed by atoms with Crippen LogP contribution < -0.4 is 5.32 Å². The van der Waals surface area contributed by atoms with Crippen LogP contribution in [-0.4, -0.2) is 21.5 Å². The number of amides is 1. The molecule has 0 radical (unpaired) electrons. The van der Waals surface area contributed by atoms with E-state index in [0.717, 1.165) is 35.7 Å². The summed E-state index contributed by atoms with van der Waals surface area (Å²) in [6.07, 6.45) is -4.45. The highest BCUT2D eigenvalue weighted by atomic mass is 19.4. The highest BCUT2D eigenvalue weighted by molar-refractivity contribution is 5.94. The van der Waals surface area contributed by atoms with Crippen LogP contribution in [0.5, 0.6) is 0 Å². The summed E-state index contributed by atoms with van der Waals surface area (Å²) in [5.41, 5.74) is -0.0177. The number of anilines is 1. The topological polar surface area (TPSA) is 46.4 Å². The van der Waals surface area contributed by atoms with Crippen LogP contribution in [0.3, 0.4) is 0 Å². The molecule has 0 aliphatic heterocycles. The van der Waals surface area contributed by atoms with Crippen molar-refractivity contribution in [1.82, 2.24) is 9.38 Å². The molecule has 0 saturated carbocycles. The van der Waals surface area contributed by atoms with Gasteiger partial charge in [0.1, 0.15) is 23.1 Å². The molecule has 1 amide bonds. The molecule has 4 nitrogen and oxygen atoms in total. The van der Waals surface area contributed by atoms with Crippen LogP contribution in [-0.2, 0) is 4.79 Å². The number of hydrogen-bond donors (Lipinski definition) is 1. The zero-order valence-electron chi connectivity index (χ0n) is 14.3. The minimum atomic E-state index is -4.56. The van der Waals surface area contributed by atoms with Crippen molar-refractivity contribution >= 4 is 17.4 Å². The first kappa shape index (κ1) is 19.7. The molecule has 0 bridgehead atoms. The van der Waals surface area contributed by atoms with E-state index < -0.39 is 41.9 Å². The second-order valence-corrected chi connectivity index (χ2v) is 6.24. The van der Waals surface area contributed by atoms with Gasteiger partial charge in [0, 0.05) is 24.2 Å². The molecular weight excluding hydrogens is 388 g/mol. The highest BCUT2D eigenvalue weighted by Crippen LogP contribution is 2.32. The van der Waals surface area contributed by atoms with Crippen molar-refractivity contribution in [1.29, 1.82) is 0 Å². The monoisotopic (exact) mass is 401 g/mol. The van der Waals surface area contributed by atoms with Crippen molar-refractivity contribution in [2.75, 3.05) is 5.32 Å². The predicted molar refractivity (Wildman–Crippen MR) is 89.0 cm³/mol. The van der Waals surface area contributed by atoms with E-state index in [2.05, 4.69) is 10.3 Å². The maximum absolute atomic E-state index is 13.7. The normalized spacial score (nSPS) is 13.0. The summed E-state index contributed by atoms with van der Waals surface area (Å²) in [6, 6.07) is 4.82. The van der Waals surface area contributed by atoms with Crippen LogP contribution in [0.4, 0.5) is 32.2 Å². The Morgan fingerprint density at radius 3 is 2.36 bits per heavy atom. The number of carbonyl (C=O) groups excluding carboxylic acids is 1. The Morgan fingerprint density at radius 1 is 1.11 bits per heavy atom. The lowest BCUT2D eigenvalue weighted by Crippen LogP contribution is -2.25. The van der Waals surface area contributed by atoms with Crippen molar-refractivity contribution < 1.29 is 31.1 Å². The minimum Gasteiger partial charge on any atom is -0.309 e. The second kappa shape index (κ2) is 7.17. The van der Waals surface area contributed by atoms with Crippen molar-refractivity contribution in [2.45, 2.75) is 19.5 Å². The molecule has 2 heterocycles. The third-order valence-electron chi connectivity index (χ3n) is 4.03. The number of carbonyl (C=O) groups is 1. The molecule has 1 aromatic carbocycles. The zero-order chi connectivity index (χ0) is 20.6. The number of benzene rings is 1. The summed E-state index contributed by atoms with van der Waals surface area (Å²) in [4.78, 5) is 16.1. The molecule has 28 heavy (non-hydrogen) atoms. The van der Waals surface area contributed by atoms with E-state index in [4.69, 9.17) is 0 Å². The predicted octanol–water partition coefficient (Wildman–Crippen LogP) is 4.95. The summed E-state index contributed by atoms with van der Waals surface area (Å²) >= 11 is 0. The van der Waals surface area contributed by atoms with E-state index in [-0.39, 0.29) is 22.7 Å². The van der Waals surface area contributed by atoms with Gasteiger partial charge < -0.3 is 5.32 Å². The van der Waals surface area contributed by atoms with E-state index in [1.807, 2.05) is 0 Å². The standard InChI is InChI=1S/C18H13F6N3O/c1-9(18(22,23)24)4-15(28)26-17-16(10-5-12(20)7-13(21)6-10)27-8-11(19)2-3-14(27)25-17/h2-3,5-9H,4H2,1H3,(H,26,28). The number of fused-ring (bicyclic) bond motifs is 1. The third-order valence-corrected chi connectivity index (χ3v) is 4.03. The number of imidazole rings is 1. The van der Waals surface area contributed by atoms with Gasteiger partial charge in [-0.25, -0.2) is 18.2 Å². The molecule has 0 saturated heterocycles. The molecule has 1 atom stereocenters. The van der Waals surface area contributed by atoms with E-state index in [9.17, 15) is 31.1 Å². The Balaban J connectivity index is 2.06. The summed E-state index contributed by atoms with van der Waals surface area (Å²) in [5, 5.41) is 2.22. The molecule has 1 unspecified atom stereocenters. The van der Waals surface area contributed by atoms with Gasteiger partial charge in [-0.1, -0.05) is 6.92 Å². The zero-order valence-corrected chi connectivity index (χ0v) is 14.3. The second-order valence-electron chi connectivity index (χ2n) is 6.24. The number of aromatic nitrogens is 2. The molecule has 148 valence electrons. The number of halogens is 6. The van der Waals surface area contributed by atoms with Crippen LogP contribution >= 0.6 is 0 Å². The van der Waals surface area contributed by atoms with Crippen molar-refractivity contribution in [2.24, 2.45) is 5.92 Å². The molecule has 0 aliphatic carbocycles. The van der Waals surface area contributed by atoms with Gasteiger partial charge in [0.15, 0.2) is 5.82 Å². The largest absolute Gasteiger partial charge is 0.392 e. The molecular formula is C18H13F6N3O. The smallest absolute Gasteiger partial charge is 0.309 e. The Labute approximate surface area is 154 Å². The molecule has 3 rings (SSSR count). The Bertz CT molecular complexity index is 1020. The maximum atomic E-state index is 13.7. The lowest BCUT2D eigenvalue weighted by Gasteiger charge is -2.15. The first-order valence-corrected chi connectivity index (χ1v) is 8.05. The van der Waals surface area contributed by atoms with E-state index in [0.29, 0.717) is 6.07 Å². The summed E-state index contributed by atoms with van der Waals surface area (Å²) in [5.74, 6) is -5.68. The van der Waals surface area contributed by atoms with Crippen LogP contribution in [0, 0.1) is 23.4 Å². The first-order valence-electron chi connectivity index (χ1n) is 8.05. The van der Waals surface area contributed by atoms with Crippen molar-refractivity contribution in [3.63, 3.8) is 0 Å². The Hall–Kier alpha value is -3.04. The summed E-state index contributed by atoms with van der Waals surface area (Å²) in [6.45, 7) is 0.849. The van der Waals surface area contributed by atoms with E-state index in [1.54, 1.807) is 0 Å². The maximum Gasteiger partial charge on any atom is 0.392 e. The lowest BCUT2D eigenvalue weighted by atomic mass is 10.1. The number of alkyl halides is 3. The van der Waals surface area contributed by atoms with Crippen LogP contribution in [0.2, 0.25) is 0 Å². The Morgan fingerprint density at radius 2 is 1.75 bits per heavy atom. The van der Waals surface area contributed by atoms with E-state index in [1.165, 1.54) is 6.07 Å². The highest BCUT2D eigenvalue weighted by Gasteiger charge is 2.37. The number of hydrogen-bond acceptors (Lipinski definition) is 2. The third kappa shape index (κ3) is 4.10. The van der Waals surface area contributed by atoms with Crippen LogP contribution in [0.15, 0.2) is 36.5 Å². The van der Waals surface area contributed by atoms with Crippen LogP contribution in [0.1, 0.15) is 13.3 Å². The lowest BCUT2D eigenvalue weighted by molar-refractivity contribution is -0.173. The number of rotatable bonds is 4. The molecule has 0 fully saturated rings. The van der Waals surface area contributed by atoms with Gasteiger partial charge in [0.05, 0.1) is 11.6 Å². The number of pyridine rings is 1. The summed E-state index contributed by atoms with van der Waals surface area (Å²) < 4.78 is 80.1. The molecule has 0 spiro atoms. The quantitative estimate of drug-likeness (QED) is 0.629. The minimum absolute atomic E-state index is 0.0686. The molecule has 10 heteroatoms. The molecule has 2 aromatic heterocycles. The van der Waals surface area contributed by atoms with Crippen molar-refractivity contribution in [3.8, 4) is 11.3 Å². The fourth-order valence-electron chi connectivity index (χ4n) is 2.65. The fourth-order valence-corrected chi connectivity index (χ4v) is 2.65. The number of nitrogens with zero attached hydrogens (tertiary/aromatic N) is 2. The SMILES string of the molecule is CC(CC(=O)Nc1nc2ccc(F)cn2c1-c1cc(F)cc(F)c1)C(F)(F)F. The van der Waals surface area contributed by atoms with Gasteiger partial charge in [-0.15, -0.1) is 0 Å². The number of nitrogens with one attached hydrogen (secondary N) is 1. The molecule has 1 N–H and O–H groups in total. The Kier molecular flexibility index (Phi) is 5.05. The first-order chi connectivity index (χ1) is 13.0. The van der Waals surface area contributed by atoms with Crippen molar-refractivity contribution in [3.05, 3.63) is 54.0 Å². The van der Waals surface area contributed by atoms with Gasteiger partial charge in [-0.05, 0) is 24.3 Å². The van der Waals surface area contributed by atoms with Gasteiger partial charge in [0.2, 0.25) is 5.91 Å². The fraction of sp³-hybridized carbons (Fsp3) is 0.222. The van der Waals surface area contributed by atoms with Gasteiger partial charge in [0.25, 0.3) is 0 Å². The van der Waals surface area contributed by atoms with E-state index >= 15 is 0 Å². The molecule has 3 aromatic rings. The van der Waals surface area contributed by atoms with Gasteiger partial charge in [-0.2, -0.15) is 13.2 Å². The van der Waals surface area contributed by atoms with Crippen LogP contribution in [0.25, 0.3) is 16.9 Å². The van der Waals surface area contributed by atoms with Gasteiger partial charge in [-0.3, -0.25) is 9.20 Å².